The molecule has 0 aliphatic carbocycles. The molecular weight excluding hydrogens is 346 g/mol. The van der Waals surface area contributed by atoms with Gasteiger partial charge in [-0.1, -0.05) is 15.9 Å². The minimum atomic E-state index is 0.133. The van der Waals surface area contributed by atoms with Crippen molar-refractivity contribution in [3.05, 3.63) is 28.0 Å². The van der Waals surface area contributed by atoms with Gasteiger partial charge in [-0.25, -0.2) is 0 Å². The Morgan fingerprint density at radius 2 is 1.95 bits per heavy atom. The predicted octanol–water partition coefficient (Wildman–Crippen LogP) is 3.11. The first-order chi connectivity index (χ1) is 9.47. The molecule has 1 N–H and O–H groups in total. The molecule has 0 saturated carbocycles. The Labute approximate surface area is 130 Å². The van der Waals surface area contributed by atoms with Gasteiger partial charge in [0, 0.05) is 30.3 Å². The summed E-state index contributed by atoms with van der Waals surface area (Å²) < 4.78 is 6.08. The molecule has 0 atom stereocenters. The van der Waals surface area contributed by atoms with Crippen molar-refractivity contribution in [1.82, 2.24) is 15.0 Å². The lowest BCUT2D eigenvalue weighted by molar-refractivity contribution is 0.415. The Balaban J connectivity index is 2.32. The zero-order valence-electron chi connectivity index (χ0n) is 11.2. The van der Waals surface area contributed by atoms with Crippen LogP contribution < -0.4 is 15.0 Å². The number of halogens is 2. The second kappa shape index (κ2) is 6.23. The Bertz CT molecular complexity index is 623. The van der Waals surface area contributed by atoms with Gasteiger partial charge in [0.05, 0.1) is 7.11 Å². The average molecular weight is 359 g/mol. The Kier molecular flexibility index (Phi) is 4.61. The fraction of sp³-hybridized carbons (Fsp3) is 0.250. The van der Waals surface area contributed by atoms with E-state index >= 15 is 0 Å². The van der Waals surface area contributed by atoms with Crippen LogP contribution in [0.15, 0.2) is 22.7 Å². The van der Waals surface area contributed by atoms with Gasteiger partial charge in [0.1, 0.15) is 5.75 Å². The third kappa shape index (κ3) is 3.71. The smallest absolute Gasteiger partial charge is 0.233 e. The summed E-state index contributed by atoms with van der Waals surface area (Å²) in [5, 5.41) is 3.20. The van der Waals surface area contributed by atoms with E-state index in [4.69, 9.17) is 16.3 Å². The topological polar surface area (TPSA) is 63.2 Å². The van der Waals surface area contributed by atoms with E-state index in [2.05, 4.69) is 36.2 Å². The maximum Gasteiger partial charge on any atom is 0.233 e. The molecule has 2 rings (SSSR count). The van der Waals surface area contributed by atoms with Crippen molar-refractivity contribution in [3.8, 4) is 5.75 Å². The highest BCUT2D eigenvalue weighted by molar-refractivity contribution is 9.10. The van der Waals surface area contributed by atoms with Crippen LogP contribution in [0.1, 0.15) is 0 Å². The molecule has 106 valence electrons. The fourth-order valence-electron chi connectivity index (χ4n) is 1.48. The highest BCUT2D eigenvalue weighted by Crippen LogP contribution is 2.26. The summed E-state index contributed by atoms with van der Waals surface area (Å²) in [5.74, 6) is 1.57. The van der Waals surface area contributed by atoms with Crippen LogP contribution in [0.25, 0.3) is 0 Å². The van der Waals surface area contributed by atoms with Gasteiger partial charge in [0.25, 0.3) is 0 Å². The van der Waals surface area contributed by atoms with Crippen LogP contribution in [0.4, 0.5) is 17.6 Å². The summed E-state index contributed by atoms with van der Waals surface area (Å²) in [6, 6.07) is 5.57. The molecule has 0 unspecified atom stereocenters. The molecule has 0 aliphatic heterocycles. The van der Waals surface area contributed by atoms with Crippen LogP contribution in [0.5, 0.6) is 5.75 Å². The molecular formula is C12H13BrClN5O. The fourth-order valence-corrected chi connectivity index (χ4v) is 2.11. The van der Waals surface area contributed by atoms with Crippen LogP contribution >= 0.6 is 27.5 Å². The van der Waals surface area contributed by atoms with Crippen molar-refractivity contribution in [2.45, 2.75) is 0 Å². The highest BCUT2D eigenvalue weighted by Gasteiger charge is 2.08. The van der Waals surface area contributed by atoms with Gasteiger partial charge in [-0.2, -0.15) is 15.0 Å². The van der Waals surface area contributed by atoms with Crippen molar-refractivity contribution in [1.29, 1.82) is 0 Å². The second-order valence-electron chi connectivity index (χ2n) is 4.13. The lowest BCUT2D eigenvalue weighted by atomic mass is 10.3. The third-order valence-corrected chi connectivity index (χ3v) is 2.99. The summed E-state index contributed by atoms with van der Waals surface area (Å²) in [6.07, 6.45) is 0. The number of hydrogen-bond donors (Lipinski definition) is 1. The Morgan fingerprint density at radius 3 is 2.60 bits per heavy atom. The minimum absolute atomic E-state index is 0.133. The molecule has 1 aromatic heterocycles. The summed E-state index contributed by atoms with van der Waals surface area (Å²) in [4.78, 5) is 14.1. The molecule has 8 heteroatoms. The number of nitrogens with zero attached hydrogens (tertiary/aromatic N) is 4. The zero-order chi connectivity index (χ0) is 14.7. The molecule has 6 nitrogen and oxygen atoms in total. The first-order valence-corrected chi connectivity index (χ1v) is 6.85. The highest BCUT2D eigenvalue weighted by atomic mass is 79.9. The molecule has 0 radical (unpaired) electrons. The van der Waals surface area contributed by atoms with Crippen molar-refractivity contribution in [3.63, 3.8) is 0 Å². The quantitative estimate of drug-likeness (QED) is 0.906. The Hall–Kier alpha value is -1.60. The number of hydrogen-bond acceptors (Lipinski definition) is 6. The van der Waals surface area contributed by atoms with E-state index in [0.29, 0.717) is 11.9 Å². The van der Waals surface area contributed by atoms with Gasteiger partial charge in [-0.05, 0) is 23.7 Å². The lowest BCUT2D eigenvalue weighted by Crippen LogP contribution is -2.14. The molecule has 0 saturated heterocycles. The molecule has 0 amide bonds. The van der Waals surface area contributed by atoms with Gasteiger partial charge in [-0.3, -0.25) is 0 Å². The van der Waals surface area contributed by atoms with E-state index in [0.717, 1.165) is 15.9 Å². The largest absolute Gasteiger partial charge is 0.497 e. The van der Waals surface area contributed by atoms with Crippen molar-refractivity contribution in [2.24, 2.45) is 0 Å². The van der Waals surface area contributed by atoms with Crippen LogP contribution in [0.2, 0.25) is 5.28 Å². The van der Waals surface area contributed by atoms with Crippen molar-refractivity contribution in [2.75, 3.05) is 31.4 Å². The van der Waals surface area contributed by atoms with E-state index in [-0.39, 0.29) is 5.28 Å². The number of ether oxygens (including phenoxy) is 1. The summed E-state index contributed by atoms with van der Waals surface area (Å²) in [7, 11) is 5.27. The van der Waals surface area contributed by atoms with Crippen LogP contribution in [0, 0.1) is 0 Å². The second-order valence-corrected chi connectivity index (χ2v) is 5.38. The summed E-state index contributed by atoms with van der Waals surface area (Å²) in [5.41, 5.74) is 0.781. The number of methoxy groups -OCH3 is 1. The number of anilines is 3. The van der Waals surface area contributed by atoms with Gasteiger partial charge in [0.2, 0.25) is 17.2 Å². The van der Waals surface area contributed by atoms with E-state index in [9.17, 15) is 0 Å². The number of rotatable bonds is 4. The first-order valence-electron chi connectivity index (χ1n) is 5.68. The standard InChI is InChI=1S/C12H13BrClN5O/c1-19(2)12-17-10(14)16-11(18-12)15-8-4-7(13)5-9(6-8)20-3/h4-6H,1-3H3,(H,15,16,17,18). The third-order valence-electron chi connectivity index (χ3n) is 2.36. The van der Waals surface area contributed by atoms with Crippen LogP contribution in [0.3, 0.4) is 0 Å². The molecule has 2 aromatic rings. The van der Waals surface area contributed by atoms with Crippen molar-refractivity contribution >= 4 is 45.1 Å². The Morgan fingerprint density at radius 1 is 1.20 bits per heavy atom. The molecule has 1 heterocycles. The lowest BCUT2D eigenvalue weighted by Gasteiger charge is -2.12. The van der Waals surface area contributed by atoms with Gasteiger partial charge in [0.15, 0.2) is 0 Å². The van der Waals surface area contributed by atoms with E-state index in [1.807, 2.05) is 32.3 Å². The molecule has 0 bridgehead atoms. The molecule has 1 aromatic carbocycles. The van der Waals surface area contributed by atoms with Crippen LogP contribution in [-0.4, -0.2) is 36.2 Å². The molecule has 0 spiro atoms. The molecule has 20 heavy (non-hydrogen) atoms. The van der Waals surface area contributed by atoms with E-state index < -0.39 is 0 Å². The van der Waals surface area contributed by atoms with Crippen LogP contribution in [-0.2, 0) is 0 Å². The maximum atomic E-state index is 5.89. The van der Waals surface area contributed by atoms with Gasteiger partial charge in [-0.15, -0.1) is 0 Å². The number of aromatic nitrogens is 3. The normalized spacial score (nSPS) is 10.2. The first kappa shape index (κ1) is 14.8. The SMILES string of the molecule is COc1cc(Br)cc(Nc2nc(Cl)nc(N(C)C)n2)c1. The number of benzene rings is 1. The molecule has 0 fully saturated rings. The van der Waals surface area contributed by atoms with Crippen molar-refractivity contribution < 1.29 is 4.74 Å². The van der Waals surface area contributed by atoms with Gasteiger partial charge >= 0.3 is 0 Å². The molecule has 0 aliphatic rings. The minimum Gasteiger partial charge on any atom is -0.497 e. The van der Waals surface area contributed by atoms with E-state index in [1.165, 1.54) is 0 Å². The maximum absolute atomic E-state index is 5.89. The zero-order valence-corrected chi connectivity index (χ0v) is 13.5. The number of nitrogens with one attached hydrogen (secondary N) is 1. The summed E-state index contributed by atoms with van der Waals surface area (Å²) >= 11 is 9.30. The summed E-state index contributed by atoms with van der Waals surface area (Å²) in [6.45, 7) is 0. The predicted molar refractivity (Wildman–Crippen MR) is 83.1 cm³/mol. The van der Waals surface area contributed by atoms with E-state index in [1.54, 1.807) is 12.0 Å². The monoisotopic (exact) mass is 357 g/mol. The average Bonchev–Trinajstić information content (AvgIpc) is 2.37. The van der Waals surface area contributed by atoms with Gasteiger partial charge < -0.3 is 15.0 Å².